The van der Waals surface area contributed by atoms with Gasteiger partial charge in [0, 0.05) is 85.4 Å². The van der Waals surface area contributed by atoms with Crippen LogP contribution in [0.2, 0.25) is 0 Å². The molecule has 110 heavy (non-hydrogen) atoms. The van der Waals surface area contributed by atoms with E-state index >= 15 is 49.1 Å². The third-order valence-corrected chi connectivity index (χ3v) is 31.0. The number of hydrogen-bond acceptors (Lipinski definition) is 17. The molecule has 2 N–H and O–H groups in total. The van der Waals surface area contributed by atoms with Crippen LogP contribution in [0, 0.1) is 80.8 Å². The Balaban J connectivity index is 0.725. The second kappa shape index (κ2) is 25.4. The molecular weight excluding hydrogens is 1450 g/mol. The van der Waals surface area contributed by atoms with E-state index in [-0.39, 0.29) is 86.6 Å². The Labute approximate surface area is 634 Å². The van der Waals surface area contributed by atoms with Crippen LogP contribution in [0.5, 0.6) is 0 Å². The Bertz CT molecular complexity index is 4330. The first-order chi connectivity index (χ1) is 51.5. The Morgan fingerprint density at radius 3 is 1.59 bits per heavy atom. The van der Waals surface area contributed by atoms with Gasteiger partial charge >= 0.3 is 36.4 Å². The maximum absolute atomic E-state index is 16.0. The van der Waals surface area contributed by atoms with E-state index in [1.807, 2.05) is 13.8 Å². The minimum Gasteiger partial charge on any atom is -0.460 e. The van der Waals surface area contributed by atoms with Crippen molar-refractivity contribution >= 4 is 17.9 Å². The monoisotopic (exact) mass is 1550 g/mol. The number of ether oxygens (including phenoxy) is 10. The molecule has 4 aromatic rings. The summed E-state index contributed by atoms with van der Waals surface area (Å²) in [6, 6.07) is 19.7. The molecule has 26 heteroatoms. The Morgan fingerprint density at radius 1 is 0.564 bits per heavy atom. The first-order valence-corrected chi connectivity index (χ1v) is 38.9. The van der Waals surface area contributed by atoms with Gasteiger partial charge in [-0.25, -0.2) is 14.4 Å². The van der Waals surface area contributed by atoms with Gasteiger partial charge in [-0.15, -0.1) is 0 Å². The van der Waals surface area contributed by atoms with Crippen molar-refractivity contribution in [1.29, 1.82) is 0 Å². The fraction of sp³-hybridized carbons (Fsp3) is 0.679. The number of nitrogens with zero attached hydrogens (tertiary/aromatic N) is 2. The van der Waals surface area contributed by atoms with Gasteiger partial charge in [0.1, 0.15) is 36.1 Å². The van der Waals surface area contributed by atoms with Crippen molar-refractivity contribution in [3.8, 4) is 0 Å². The van der Waals surface area contributed by atoms with E-state index in [2.05, 4.69) is 27.7 Å². The lowest BCUT2D eigenvalue weighted by atomic mass is 9.43. The number of aliphatic hydroxyl groups is 2. The van der Waals surface area contributed by atoms with Crippen LogP contribution in [0.3, 0.4) is 0 Å². The summed E-state index contributed by atoms with van der Waals surface area (Å²) in [6.07, 6.45) is -14.3. The molecule has 9 fully saturated rings. The number of alkyl halides is 9. The van der Waals surface area contributed by atoms with Gasteiger partial charge < -0.3 is 57.6 Å². The van der Waals surface area contributed by atoms with Gasteiger partial charge in [0.25, 0.3) is 16.8 Å². The Kier molecular flexibility index (Phi) is 18.0. The highest BCUT2D eigenvalue weighted by atomic mass is 19.4. The highest BCUT2D eigenvalue weighted by Crippen LogP contribution is 2.75. The average Bonchev–Trinajstić information content (AvgIpc) is 1.54. The highest BCUT2D eigenvalue weighted by molar-refractivity contribution is 5.84. The molecule has 17 nitrogen and oxygen atoms in total. The molecule has 0 bridgehead atoms. The zero-order valence-corrected chi connectivity index (χ0v) is 64.0. The summed E-state index contributed by atoms with van der Waals surface area (Å²) in [6.45, 7) is 16.8. The van der Waals surface area contributed by atoms with Crippen molar-refractivity contribution in [3.05, 3.63) is 142 Å². The molecule has 0 radical (unpaired) electrons. The van der Waals surface area contributed by atoms with Crippen molar-refractivity contribution in [2.24, 2.45) is 80.8 Å². The molecule has 5 heterocycles. The average molecular weight is 1550 g/mol. The summed E-state index contributed by atoms with van der Waals surface area (Å²) in [7, 11) is 2.43. The number of rotatable bonds is 13. The normalized spacial score (nSPS) is 42.1. The Hall–Kier alpha value is -6.10. The number of benzene rings is 3. The molecule has 5 saturated carbocycles. The lowest BCUT2D eigenvalue weighted by Crippen LogP contribution is -2.66. The zero-order valence-electron chi connectivity index (χ0n) is 64.0. The van der Waals surface area contributed by atoms with E-state index in [0.29, 0.717) is 42.6 Å². The van der Waals surface area contributed by atoms with Gasteiger partial charge in [0.05, 0.1) is 40.6 Å². The smallest absolute Gasteiger partial charge is 0.432 e. The molecule has 0 amide bonds. The SMILES string of the molecule is CO[C@](C(=O)OC[C@]1(C)CC[C@]2(O[C@H]3C=C4[C@@H]5[C@@H](OC(=O)[C@@](OC)(c6ccccc6)C(F)(F)F)C[C@H]6Cc7nc8c(nc7C[C@]6(C)[C@H]5C[C@@H](O)[C@]4(C)[C@@]3(O)[C@@H]2C)C[C@@H]2CC[C@H]3[C@H]4C[C@@H]5O[C@@]6(CCC(C)(C)O6)[C@@H](C)[C@@H]5[C@@]4(C)[C@H](OC(=O)[C@@](OC)(c4ccccc4)C(F)(F)F)C[C@@H]3[C@@]2(C)C8)O1)(c1ccccc1)C(F)(F)F. The largest absolute Gasteiger partial charge is 0.460 e. The van der Waals surface area contributed by atoms with E-state index in [4.69, 9.17) is 57.3 Å². The fourth-order valence-corrected chi connectivity index (χ4v) is 25.2. The lowest BCUT2D eigenvalue weighted by Gasteiger charge is -2.63. The predicted octanol–water partition coefficient (Wildman–Crippen LogP) is 14.4. The van der Waals surface area contributed by atoms with Crippen molar-refractivity contribution in [3.63, 3.8) is 0 Å². The number of carbonyl (C=O) groups is 3. The molecule has 26 atom stereocenters. The standard InChI is InChI=1S/C84H99F9N2O15/c1-44-66-61(107-76(44)32-30-70(3,4)109-76)37-53-51-29-28-49-34-56-58(41-72(49,6)52(51)39-63(74(53,66)8)106-69(99)81(103-12,84(91,92)93)48-26-20-15-21-27-48)95-57-35-50-36-60(105-68(98)80(102-11,83(88,89)90)47-24-18-14-19-25-47)65-54(73(50,7)42-59(57)94-56)38-62(96)75(9)55(65)40-64-78(75,100)45(2)77(108-64)33-31-71(5,110-77)43-104-67(97)79(101-10,82(85,86)87)46-22-16-13-17-23-46/h13-27,40,44-45,49-54,60-66,96,100H,28-39,41-43H2,1-12H3/t44-,45+,49-,50+,51+,52-,53+,54-,60-,61-,62+,63+,64-,65+,66-,71-,72-,73-,74+,75+,76+,77-,78+,79-,80-,81-/m0/s1. The second-order valence-electron chi connectivity index (χ2n) is 36.2. The molecule has 0 unspecified atom stereocenters. The van der Waals surface area contributed by atoms with Crippen LogP contribution in [0.1, 0.15) is 166 Å². The number of halogens is 9. The van der Waals surface area contributed by atoms with Crippen LogP contribution in [-0.2, 0) is 104 Å². The lowest BCUT2D eigenvalue weighted by molar-refractivity contribution is -0.285. The predicted molar refractivity (Wildman–Crippen MR) is 375 cm³/mol. The fourth-order valence-electron chi connectivity index (χ4n) is 25.2. The maximum atomic E-state index is 16.0. The Morgan fingerprint density at radius 2 is 1.07 bits per heavy atom. The minimum absolute atomic E-state index is 0.0124. The molecule has 3 aromatic carbocycles. The van der Waals surface area contributed by atoms with Crippen molar-refractivity contribution < 1.29 is 111 Å². The molecule has 12 aliphatic rings. The van der Waals surface area contributed by atoms with Crippen LogP contribution in [-0.4, -0.2) is 143 Å². The van der Waals surface area contributed by atoms with Gasteiger partial charge in [0.15, 0.2) is 11.6 Å². The van der Waals surface area contributed by atoms with Gasteiger partial charge in [-0.2, -0.15) is 39.5 Å². The summed E-state index contributed by atoms with van der Waals surface area (Å²) >= 11 is 0. The van der Waals surface area contributed by atoms with E-state index in [9.17, 15) is 15.0 Å². The molecule has 16 rings (SSSR count). The molecule has 8 aliphatic carbocycles. The van der Waals surface area contributed by atoms with E-state index < -0.39 is 175 Å². The molecule has 2 spiro atoms. The maximum Gasteiger partial charge on any atom is 0.432 e. The van der Waals surface area contributed by atoms with E-state index in [0.717, 1.165) is 76.2 Å². The van der Waals surface area contributed by atoms with Crippen LogP contribution in [0.25, 0.3) is 0 Å². The summed E-state index contributed by atoms with van der Waals surface area (Å²) in [4.78, 5) is 55.3. The summed E-state index contributed by atoms with van der Waals surface area (Å²) < 4.78 is 203. The van der Waals surface area contributed by atoms with Crippen LogP contribution in [0.15, 0.2) is 103 Å². The number of methoxy groups -OCH3 is 3. The van der Waals surface area contributed by atoms with Crippen LogP contribution >= 0.6 is 0 Å². The molecule has 1 aromatic heterocycles. The third-order valence-electron chi connectivity index (χ3n) is 31.0. The van der Waals surface area contributed by atoms with E-state index in [1.54, 1.807) is 32.9 Å². The molecular formula is C84H99F9N2O15. The van der Waals surface area contributed by atoms with Gasteiger partial charge in [-0.1, -0.05) is 144 Å². The zero-order chi connectivity index (χ0) is 78.9. The van der Waals surface area contributed by atoms with Crippen molar-refractivity contribution in [1.82, 2.24) is 9.97 Å². The molecule has 4 saturated heterocycles. The van der Waals surface area contributed by atoms with Crippen molar-refractivity contribution in [2.45, 2.75) is 246 Å². The number of hydrogen-bond donors (Lipinski definition) is 2. The summed E-state index contributed by atoms with van der Waals surface area (Å²) in [5.74, 6) is -11.5. The number of aromatic nitrogens is 2. The van der Waals surface area contributed by atoms with Gasteiger partial charge in [-0.05, 0) is 144 Å². The number of carbonyl (C=O) groups excluding carboxylic acids is 3. The molecule has 598 valence electrons. The van der Waals surface area contributed by atoms with Crippen molar-refractivity contribution in [2.75, 3.05) is 27.9 Å². The topological polar surface area (TPSA) is 210 Å². The van der Waals surface area contributed by atoms with E-state index in [1.165, 1.54) is 60.7 Å². The van der Waals surface area contributed by atoms with Gasteiger partial charge in [-0.3, -0.25) is 9.97 Å². The first-order valence-electron chi connectivity index (χ1n) is 38.9. The van der Waals surface area contributed by atoms with Crippen LogP contribution < -0.4 is 0 Å². The molecule has 4 aliphatic heterocycles. The second-order valence-corrected chi connectivity index (χ2v) is 36.2. The third kappa shape index (κ3) is 10.5. The quantitative estimate of drug-likeness (QED) is 0.0552. The first kappa shape index (κ1) is 77.8. The van der Waals surface area contributed by atoms with Gasteiger partial charge in [0.2, 0.25) is 0 Å². The summed E-state index contributed by atoms with van der Waals surface area (Å²) in [5.41, 5.74) is -16.7. The number of fused-ring (bicyclic) bond motifs is 16. The number of aliphatic hydroxyl groups excluding tert-OH is 1. The number of esters is 3. The van der Waals surface area contributed by atoms with Crippen LogP contribution in [0.4, 0.5) is 39.5 Å². The summed E-state index contributed by atoms with van der Waals surface area (Å²) in [5, 5.41) is 27.0. The minimum atomic E-state index is -5.37. The highest BCUT2D eigenvalue weighted by Gasteiger charge is 2.80.